The van der Waals surface area contributed by atoms with Crippen molar-refractivity contribution in [2.45, 2.75) is 6.18 Å². The van der Waals surface area contributed by atoms with Crippen molar-refractivity contribution in [3.8, 4) is 5.75 Å². The van der Waals surface area contributed by atoms with Gasteiger partial charge in [0.1, 0.15) is 5.75 Å². The van der Waals surface area contributed by atoms with E-state index in [4.69, 9.17) is 0 Å². The van der Waals surface area contributed by atoms with Crippen molar-refractivity contribution in [3.63, 3.8) is 0 Å². The molecule has 2 amide bonds. The SMILES string of the molecule is O=C(NCC(=O)N1CCN(c2ccccc2O)CC1)c1ccc(C(F)(F)F)cc1. The molecule has 9 heteroatoms. The van der Waals surface area contributed by atoms with Crippen molar-refractivity contribution in [2.24, 2.45) is 0 Å². The zero-order chi connectivity index (χ0) is 21.0. The van der Waals surface area contributed by atoms with Gasteiger partial charge in [-0.2, -0.15) is 13.2 Å². The van der Waals surface area contributed by atoms with Crippen LogP contribution < -0.4 is 10.2 Å². The number of benzene rings is 2. The molecule has 0 aromatic heterocycles. The fourth-order valence-electron chi connectivity index (χ4n) is 3.11. The zero-order valence-corrected chi connectivity index (χ0v) is 15.4. The van der Waals surface area contributed by atoms with Crippen LogP contribution in [-0.2, 0) is 11.0 Å². The van der Waals surface area contributed by atoms with E-state index >= 15 is 0 Å². The number of hydrogen-bond donors (Lipinski definition) is 2. The minimum Gasteiger partial charge on any atom is -0.506 e. The topological polar surface area (TPSA) is 72.9 Å². The third-order valence-electron chi connectivity index (χ3n) is 4.73. The van der Waals surface area contributed by atoms with E-state index in [0.717, 1.165) is 24.3 Å². The average Bonchev–Trinajstić information content (AvgIpc) is 2.72. The van der Waals surface area contributed by atoms with Crippen LogP contribution >= 0.6 is 0 Å². The number of piperazine rings is 1. The Hall–Kier alpha value is -3.23. The van der Waals surface area contributed by atoms with Crippen molar-refractivity contribution >= 4 is 17.5 Å². The molecule has 0 unspecified atom stereocenters. The van der Waals surface area contributed by atoms with Gasteiger partial charge in [0.25, 0.3) is 5.91 Å². The lowest BCUT2D eigenvalue weighted by atomic mass is 10.1. The normalized spacial score (nSPS) is 14.6. The summed E-state index contributed by atoms with van der Waals surface area (Å²) in [6, 6.07) is 10.8. The lowest BCUT2D eigenvalue weighted by Crippen LogP contribution is -2.51. The molecule has 1 aliphatic rings. The molecule has 0 saturated carbocycles. The molecule has 2 N–H and O–H groups in total. The number of carbonyl (C=O) groups excluding carboxylic acids is 2. The number of phenolic OH excluding ortho intramolecular Hbond substituents is 1. The maximum Gasteiger partial charge on any atom is 0.416 e. The van der Waals surface area contributed by atoms with Gasteiger partial charge in [-0.15, -0.1) is 0 Å². The van der Waals surface area contributed by atoms with Gasteiger partial charge in [-0.1, -0.05) is 12.1 Å². The molecule has 3 rings (SSSR count). The summed E-state index contributed by atoms with van der Waals surface area (Å²) in [4.78, 5) is 28.0. The molecule has 2 aromatic rings. The lowest BCUT2D eigenvalue weighted by molar-refractivity contribution is -0.137. The predicted molar refractivity (Wildman–Crippen MR) is 101 cm³/mol. The Kier molecular flexibility index (Phi) is 5.95. The van der Waals surface area contributed by atoms with Crippen molar-refractivity contribution in [1.82, 2.24) is 10.2 Å². The van der Waals surface area contributed by atoms with E-state index in [9.17, 15) is 27.9 Å². The molecule has 0 spiro atoms. The molecule has 0 bridgehead atoms. The van der Waals surface area contributed by atoms with Crippen molar-refractivity contribution < 1.29 is 27.9 Å². The van der Waals surface area contributed by atoms with Crippen LogP contribution in [0.5, 0.6) is 5.75 Å². The second-order valence-electron chi connectivity index (χ2n) is 6.61. The number of para-hydroxylation sites is 2. The molecule has 6 nitrogen and oxygen atoms in total. The van der Waals surface area contributed by atoms with Crippen molar-refractivity contribution in [3.05, 3.63) is 59.7 Å². The Balaban J connectivity index is 1.49. The monoisotopic (exact) mass is 407 g/mol. The second-order valence-corrected chi connectivity index (χ2v) is 6.61. The first-order chi connectivity index (χ1) is 13.8. The maximum absolute atomic E-state index is 12.6. The number of halogens is 3. The Morgan fingerprint density at radius 1 is 0.966 bits per heavy atom. The van der Waals surface area contributed by atoms with E-state index in [-0.39, 0.29) is 23.8 Å². The number of hydrogen-bond acceptors (Lipinski definition) is 4. The molecular formula is C20H20F3N3O3. The largest absolute Gasteiger partial charge is 0.506 e. The van der Waals surface area contributed by atoms with Crippen LogP contribution in [0, 0.1) is 0 Å². The number of amides is 2. The third kappa shape index (κ3) is 4.98. The lowest BCUT2D eigenvalue weighted by Gasteiger charge is -2.36. The van der Waals surface area contributed by atoms with Gasteiger partial charge in [0, 0.05) is 31.7 Å². The quantitative estimate of drug-likeness (QED) is 0.817. The number of anilines is 1. The summed E-state index contributed by atoms with van der Waals surface area (Å²) in [6.45, 7) is 1.70. The molecule has 2 aromatic carbocycles. The Bertz CT molecular complexity index is 877. The Morgan fingerprint density at radius 3 is 2.17 bits per heavy atom. The van der Waals surface area contributed by atoms with Gasteiger partial charge in [0.2, 0.25) is 5.91 Å². The molecule has 29 heavy (non-hydrogen) atoms. The average molecular weight is 407 g/mol. The number of aromatic hydroxyl groups is 1. The summed E-state index contributed by atoms with van der Waals surface area (Å²) < 4.78 is 37.7. The third-order valence-corrected chi connectivity index (χ3v) is 4.73. The highest BCUT2D eigenvalue weighted by atomic mass is 19.4. The standard InChI is InChI=1S/C20H20F3N3O3/c21-20(22,23)15-7-5-14(6-8-15)19(29)24-13-18(28)26-11-9-25(10-12-26)16-3-1-2-4-17(16)27/h1-8,27H,9-13H2,(H,24,29). The van der Waals surface area contributed by atoms with Crippen LogP contribution in [-0.4, -0.2) is 54.5 Å². The van der Waals surface area contributed by atoms with Gasteiger partial charge in [-0.3, -0.25) is 9.59 Å². The smallest absolute Gasteiger partial charge is 0.416 e. The molecule has 154 valence electrons. The number of nitrogens with one attached hydrogen (secondary N) is 1. The minimum atomic E-state index is -4.47. The number of phenols is 1. The van der Waals surface area contributed by atoms with Crippen LogP contribution in [0.25, 0.3) is 0 Å². The highest BCUT2D eigenvalue weighted by Gasteiger charge is 2.30. The second kappa shape index (κ2) is 8.42. The van der Waals surface area contributed by atoms with Gasteiger partial charge < -0.3 is 20.2 Å². The van der Waals surface area contributed by atoms with Gasteiger partial charge >= 0.3 is 6.18 Å². The Morgan fingerprint density at radius 2 is 1.59 bits per heavy atom. The molecule has 0 radical (unpaired) electrons. The summed E-state index contributed by atoms with van der Waals surface area (Å²) in [5.74, 6) is -0.710. The summed E-state index contributed by atoms with van der Waals surface area (Å²) in [5.41, 5.74) is -0.0853. The predicted octanol–water partition coefficient (Wildman–Crippen LogP) is 2.49. The van der Waals surface area contributed by atoms with Crippen LogP contribution in [0.15, 0.2) is 48.5 Å². The Labute approximate surface area is 165 Å². The molecule has 1 fully saturated rings. The van der Waals surface area contributed by atoms with Crippen molar-refractivity contribution in [2.75, 3.05) is 37.6 Å². The van der Waals surface area contributed by atoms with Crippen LogP contribution in [0.2, 0.25) is 0 Å². The van der Waals surface area contributed by atoms with Crippen LogP contribution in [0.3, 0.4) is 0 Å². The molecule has 0 aliphatic carbocycles. The van der Waals surface area contributed by atoms with E-state index in [1.165, 1.54) is 0 Å². The van der Waals surface area contributed by atoms with E-state index in [1.807, 2.05) is 11.0 Å². The van der Waals surface area contributed by atoms with Crippen LogP contribution in [0.4, 0.5) is 18.9 Å². The number of alkyl halides is 3. The molecular weight excluding hydrogens is 387 g/mol. The fourth-order valence-corrected chi connectivity index (χ4v) is 3.11. The van der Waals surface area contributed by atoms with Gasteiger partial charge in [-0.05, 0) is 36.4 Å². The minimum absolute atomic E-state index is 0.0511. The zero-order valence-electron chi connectivity index (χ0n) is 15.4. The molecule has 0 atom stereocenters. The first-order valence-electron chi connectivity index (χ1n) is 9.02. The highest BCUT2D eigenvalue weighted by molar-refractivity contribution is 5.96. The van der Waals surface area contributed by atoms with Crippen molar-refractivity contribution in [1.29, 1.82) is 0 Å². The molecule has 1 saturated heterocycles. The van der Waals surface area contributed by atoms with E-state index in [1.54, 1.807) is 23.1 Å². The van der Waals surface area contributed by atoms with E-state index in [2.05, 4.69) is 5.32 Å². The summed E-state index contributed by atoms with van der Waals surface area (Å²) in [7, 11) is 0. The van der Waals surface area contributed by atoms with E-state index in [0.29, 0.717) is 31.9 Å². The summed E-state index contributed by atoms with van der Waals surface area (Å²) in [5, 5.41) is 12.4. The van der Waals surface area contributed by atoms with Gasteiger partial charge in [-0.25, -0.2) is 0 Å². The molecule has 1 aliphatic heterocycles. The first-order valence-corrected chi connectivity index (χ1v) is 9.02. The summed E-state index contributed by atoms with van der Waals surface area (Å²) >= 11 is 0. The van der Waals surface area contributed by atoms with E-state index < -0.39 is 17.6 Å². The number of carbonyl (C=O) groups is 2. The first kappa shape index (κ1) is 20.5. The molecule has 1 heterocycles. The number of nitrogens with zero attached hydrogens (tertiary/aromatic N) is 2. The fraction of sp³-hybridized carbons (Fsp3) is 0.300. The highest BCUT2D eigenvalue weighted by Crippen LogP contribution is 2.29. The van der Waals surface area contributed by atoms with Gasteiger partial charge in [0.15, 0.2) is 0 Å². The maximum atomic E-state index is 12.6. The summed E-state index contributed by atoms with van der Waals surface area (Å²) in [6.07, 6.45) is -4.47. The van der Waals surface area contributed by atoms with Crippen LogP contribution in [0.1, 0.15) is 15.9 Å². The number of rotatable bonds is 4. The van der Waals surface area contributed by atoms with Gasteiger partial charge in [0.05, 0.1) is 17.8 Å².